The molecule has 2 N–H and O–H groups in total. The quantitative estimate of drug-likeness (QED) is 0.675. The Balaban J connectivity index is 1.88. The molecule has 0 spiro atoms. The number of hydrogen-bond donors (Lipinski definition) is 2. The van der Waals surface area contributed by atoms with Gasteiger partial charge in [0.15, 0.2) is 0 Å². The van der Waals surface area contributed by atoms with Crippen LogP contribution in [0.3, 0.4) is 0 Å². The van der Waals surface area contributed by atoms with Crippen molar-refractivity contribution in [2.45, 2.75) is 49.5 Å². The van der Waals surface area contributed by atoms with Crippen LogP contribution in [0, 0.1) is 0 Å². The third kappa shape index (κ3) is 5.02. The first-order valence-corrected chi connectivity index (χ1v) is 9.91. The highest BCUT2D eigenvalue weighted by Crippen LogP contribution is 2.31. The van der Waals surface area contributed by atoms with Crippen LogP contribution in [0.5, 0.6) is 0 Å². The van der Waals surface area contributed by atoms with Crippen molar-refractivity contribution >= 4 is 21.9 Å². The topological polar surface area (TPSA) is 102 Å². The Morgan fingerprint density at radius 2 is 1.80 bits per heavy atom. The van der Waals surface area contributed by atoms with Gasteiger partial charge in [0.2, 0.25) is 15.9 Å². The van der Waals surface area contributed by atoms with Crippen molar-refractivity contribution in [3.05, 3.63) is 30.3 Å². The second-order valence-electron chi connectivity index (χ2n) is 6.02. The minimum absolute atomic E-state index is 0.0397. The van der Waals surface area contributed by atoms with Crippen LogP contribution in [0.1, 0.15) is 39.0 Å². The molecule has 25 heavy (non-hydrogen) atoms. The number of amides is 1. The molecule has 1 aliphatic rings. The fourth-order valence-electron chi connectivity index (χ4n) is 2.94. The molecule has 0 aromatic heterocycles. The maximum absolute atomic E-state index is 12.2. The SMILES string of the molecule is CCOC(=O)C1(NC(=O)CCNS(=O)(=O)c2ccccc2)CCCC1. The van der Waals surface area contributed by atoms with E-state index in [4.69, 9.17) is 4.74 Å². The van der Waals surface area contributed by atoms with Crippen molar-refractivity contribution < 1.29 is 22.7 Å². The third-order valence-corrected chi connectivity index (χ3v) is 5.68. The molecule has 0 unspecified atom stereocenters. The van der Waals surface area contributed by atoms with E-state index < -0.39 is 21.5 Å². The van der Waals surface area contributed by atoms with Gasteiger partial charge in [-0.1, -0.05) is 31.0 Å². The van der Waals surface area contributed by atoms with Gasteiger partial charge in [-0.05, 0) is 31.9 Å². The molecule has 8 heteroatoms. The number of benzene rings is 1. The molecule has 1 fully saturated rings. The summed E-state index contributed by atoms with van der Waals surface area (Å²) in [5.74, 6) is -0.781. The molecule has 7 nitrogen and oxygen atoms in total. The van der Waals surface area contributed by atoms with E-state index in [1.165, 1.54) is 12.1 Å². The standard InChI is InChI=1S/C17H24N2O5S/c1-2-24-16(21)17(11-6-7-12-17)19-15(20)10-13-18-25(22,23)14-8-4-3-5-9-14/h3-5,8-9,18H,2,6-7,10-13H2,1H3,(H,19,20). The average Bonchev–Trinajstić information content (AvgIpc) is 3.05. The molecule has 0 bridgehead atoms. The van der Waals surface area contributed by atoms with Crippen molar-refractivity contribution in [2.75, 3.05) is 13.2 Å². The summed E-state index contributed by atoms with van der Waals surface area (Å²) in [5, 5.41) is 2.75. The fourth-order valence-corrected chi connectivity index (χ4v) is 3.99. The van der Waals surface area contributed by atoms with Gasteiger partial charge in [0, 0.05) is 13.0 Å². The molecule has 138 valence electrons. The molecule has 0 saturated heterocycles. The van der Waals surface area contributed by atoms with Crippen LogP contribution >= 0.6 is 0 Å². The minimum Gasteiger partial charge on any atom is -0.464 e. The first-order valence-electron chi connectivity index (χ1n) is 8.42. The Bertz CT molecular complexity index is 697. The summed E-state index contributed by atoms with van der Waals surface area (Å²) < 4.78 is 31.7. The number of nitrogens with one attached hydrogen (secondary N) is 2. The van der Waals surface area contributed by atoms with Gasteiger partial charge < -0.3 is 10.1 Å². The van der Waals surface area contributed by atoms with E-state index in [9.17, 15) is 18.0 Å². The summed E-state index contributed by atoms with van der Waals surface area (Å²) in [6.07, 6.45) is 2.74. The van der Waals surface area contributed by atoms with Crippen LogP contribution in [-0.2, 0) is 24.3 Å². The molecule has 1 saturated carbocycles. The summed E-state index contributed by atoms with van der Waals surface area (Å²) in [4.78, 5) is 24.5. The number of rotatable bonds is 8. The highest BCUT2D eigenvalue weighted by molar-refractivity contribution is 7.89. The predicted molar refractivity (Wildman–Crippen MR) is 92.2 cm³/mol. The van der Waals surface area contributed by atoms with Gasteiger partial charge in [-0.3, -0.25) is 4.79 Å². The van der Waals surface area contributed by atoms with Gasteiger partial charge in [-0.2, -0.15) is 0 Å². The van der Waals surface area contributed by atoms with E-state index in [0.717, 1.165) is 12.8 Å². The van der Waals surface area contributed by atoms with E-state index >= 15 is 0 Å². The van der Waals surface area contributed by atoms with Crippen LogP contribution in [0.15, 0.2) is 35.2 Å². The van der Waals surface area contributed by atoms with Crippen LogP contribution in [-0.4, -0.2) is 39.0 Å². The van der Waals surface area contributed by atoms with Gasteiger partial charge in [0.05, 0.1) is 11.5 Å². The third-order valence-electron chi connectivity index (χ3n) is 4.20. The monoisotopic (exact) mass is 368 g/mol. The van der Waals surface area contributed by atoms with Crippen molar-refractivity contribution in [3.8, 4) is 0 Å². The molecular weight excluding hydrogens is 344 g/mol. The number of carbonyl (C=O) groups excluding carboxylic acids is 2. The predicted octanol–water partition coefficient (Wildman–Crippen LogP) is 1.35. The zero-order valence-corrected chi connectivity index (χ0v) is 15.1. The van der Waals surface area contributed by atoms with Gasteiger partial charge in [-0.15, -0.1) is 0 Å². The second kappa shape index (κ2) is 8.44. The summed E-state index contributed by atoms with van der Waals surface area (Å²) in [6, 6.07) is 7.95. The van der Waals surface area contributed by atoms with E-state index in [0.29, 0.717) is 12.8 Å². The largest absolute Gasteiger partial charge is 0.464 e. The highest BCUT2D eigenvalue weighted by atomic mass is 32.2. The van der Waals surface area contributed by atoms with Gasteiger partial charge >= 0.3 is 5.97 Å². The van der Waals surface area contributed by atoms with E-state index in [1.54, 1.807) is 25.1 Å². The Morgan fingerprint density at radius 3 is 2.40 bits per heavy atom. The summed E-state index contributed by atoms with van der Waals surface area (Å²) in [5.41, 5.74) is -0.967. The number of hydrogen-bond acceptors (Lipinski definition) is 5. The number of ether oxygens (including phenoxy) is 1. The molecule has 1 aromatic carbocycles. The lowest BCUT2D eigenvalue weighted by molar-refractivity contribution is -0.153. The number of carbonyl (C=O) groups is 2. The van der Waals surface area contributed by atoms with Crippen molar-refractivity contribution in [2.24, 2.45) is 0 Å². The van der Waals surface area contributed by atoms with E-state index in [1.807, 2.05) is 0 Å². The molecule has 1 aliphatic carbocycles. The molecule has 0 atom stereocenters. The lowest BCUT2D eigenvalue weighted by Gasteiger charge is -2.27. The first-order chi connectivity index (χ1) is 11.9. The summed E-state index contributed by atoms with van der Waals surface area (Å²) >= 11 is 0. The first kappa shape index (κ1) is 19.4. The zero-order valence-electron chi connectivity index (χ0n) is 14.3. The molecule has 1 aromatic rings. The fraction of sp³-hybridized carbons (Fsp3) is 0.529. The lowest BCUT2D eigenvalue weighted by Crippen LogP contribution is -2.53. The lowest BCUT2D eigenvalue weighted by atomic mass is 9.97. The molecule has 0 radical (unpaired) electrons. The number of esters is 1. The normalized spacial score (nSPS) is 16.4. The van der Waals surface area contributed by atoms with Crippen LogP contribution in [0.4, 0.5) is 0 Å². The highest BCUT2D eigenvalue weighted by Gasteiger charge is 2.43. The maximum Gasteiger partial charge on any atom is 0.331 e. The number of sulfonamides is 1. The molecule has 1 amide bonds. The molecule has 2 rings (SSSR count). The van der Waals surface area contributed by atoms with E-state index in [-0.39, 0.29) is 30.4 Å². The molecule has 0 heterocycles. The van der Waals surface area contributed by atoms with Crippen molar-refractivity contribution in [1.82, 2.24) is 10.0 Å². The second-order valence-corrected chi connectivity index (χ2v) is 7.79. The summed E-state index contributed by atoms with van der Waals surface area (Å²) in [6.45, 7) is 1.94. The smallest absolute Gasteiger partial charge is 0.331 e. The summed E-state index contributed by atoms with van der Waals surface area (Å²) in [7, 11) is -3.64. The molecular formula is C17H24N2O5S. The zero-order chi connectivity index (χ0) is 18.3. The Hall–Kier alpha value is -1.93. The van der Waals surface area contributed by atoms with Gasteiger partial charge in [0.25, 0.3) is 0 Å². The van der Waals surface area contributed by atoms with Crippen LogP contribution in [0.2, 0.25) is 0 Å². The Kier molecular flexibility index (Phi) is 6.55. The Labute approximate surface area is 148 Å². The molecule has 0 aliphatic heterocycles. The average molecular weight is 368 g/mol. The van der Waals surface area contributed by atoms with Gasteiger partial charge in [0.1, 0.15) is 5.54 Å². The van der Waals surface area contributed by atoms with Crippen LogP contribution < -0.4 is 10.0 Å². The van der Waals surface area contributed by atoms with Crippen molar-refractivity contribution in [1.29, 1.82) is 0 Å². The van der Waals surface area contributed by atoms with E-state index in [2.05, 4.69) is 10.0 Å². The van der Waals surface area contributed by atoms with Crippen LogP contribution in [0.25, 0.3) is 0 Å². The van der Waals surface area contributed by atoms with Crippen molar-refractivity contribution in [3.63, 3.8) is 0 Å². The Morgan fingerprint density at radius 1 is 1.16 bits per heavy atom. The van der Waals surface area contributed by atoms with Gasteiger partial charge in [-0.25, -0.2) is 17.9 Å². The minimum atomic E-state index is -3.64. The maximum atomic E-state index is 12.2.